The van der Waals surface area contributed by atoms with Gasteiger partial charge in [-0.1, -0.05) is 25.0 Å². The molecule has 142 valence electrons. The van der Waals surface area contributed by atoms with Crippen LogP contribution in [0.3, 0.4) is 0 Å². The summed E-state index contributed by atoms with van der Waals surface area (Å²) in [6.45, 7) is 2.55. The van der Waals surface area contributed by atoms with Crippen molar-refractivity contribution in [2.75, 3.05) is 19.8 Å². The van der Waals surface area contributed by atoms with Crippen LogP contribution in [0, 0.1) is 11.8 Å². The van der Waals surface area contributed by atoms with Gasteiger partial charge in [0.05, 0.1) is 41.1 Å². The number of rotatable bonds is 3. The highest BCUT2D eigenvalue weighted by molar-refractivity contribution is 7.18. The SMILES string of the molecule is O=C1[C@H]2CCCC[C@H]2C(=O)N1C[NH+]1CCC[C@H](c2nc3ccccc3s2)C1. The molecule has 1 aromatic carbocycles. The Balaban J connectivity index is 1.30. The molecule has 1 aliphatic carbocycles. The minimum Gasteiger partial charge on any atom is -0.317 e. The Kier molecular flexibility index (Phi) is 4.48. The van der Waals surface area contributed by atoms with E-state index < -0.39 is 0 Å². The van der Waals surface area contributed by atoms with Gasteiger partial charge in [-0.2, -0.15) is 0 Å². The lowest BCUT2D eigenvalue weighted by atomic mass is 9.81. The summed E-state index contributed by atoms with van der Waals surface area (Å²) in [5.41, 5.74) is 1.08. The van der Waals surface area contributed by atoms with E-state index in [4.69, 9.17) is 4.98 Å². The number of nitrogens with zero attached hydrogens (tertiary/aromatic N) is 2. The smallest absolute Gasteiger partial charge is 0.237 e. The summed E-state index contributed by atoms with van der Waals surface area (Å²) in [7, 11) is 0. The average Bonchev–Trinajstić information content (AvgIpc) is 3.24. The van der Waals surface area contributed by atoms with Crippen LogP contribution in [0.5, 0.6) is 0 Å². The molecule has 2 saturated heterocycles. The quantitative estimate of drug-likeness (QED) is 0.826. The first-order valence-corrected chi connectivity index (χ1v) is 11.1. The van der Waals surface area contributed by atoms with Crippen LogP contribution in [0.2, 0.25) is 0 Å². The molecule has 0 bridgehead atoms. The maximum atomic E-state index is 12.8. The number of imide groups is 1. The van der Waals surface area contributed by atoms with Crippen LogP contribution in [0.25, 0.3) is 10.2 Å². The Morgan fingerprint density at radius 1 is 1.04 bits per heavy atom. The van der Waals surface area contributed by atoms with Crippen LogP contribution in [0.4, 0.5) is 0 Å². The average molecular weight is 385 g/mol. The molecule has 27 heavy (non-hydrogen) atoms. The summed E-state index contributed by atoms with van der Waals surface area (Å²) in [4.78, 5) is 33.3. The predicted octanol–water partition coefficient (Wildman–Crippen LogP) is 2.19. The fourth-order valence-electron chi connectivity index (χ4n) is 5.18. The zero-order chi connectivity index (χ0) is 18.4. The molecular formula is C21H26N3O2S+. The first-order chi connectivity index (χ1) is 13.2. The van der Waals surface area contributed by atoms with Gasteiger partial charge in [0.1, 0.15) is 5.01 Å². The molecule has 2 amide bonds. The van der Waals surface area contributed by atoms with Gasteiger partial charge >= 0.3 is 0 Å². The third-order valence-electron chi connectivity index (χ3n) is 6.59. The van der Waals surface area contributed by atoms with Crippen LogP contribution >= 0.6 is 11.3 Å². The van der Waals surface area contributed by atoms with Gasteiger partial charge in [0.2, 0.25) is 11.8 Å². The van der Waals surface area contributed by atoms with E-state index in [-0.39, 0.29) is 23.7 Å². The van der Waals surface area contributed by atoms with Crippen LogP contribution in [0.1, 0.15) is 49.5 Å². The van der Waals surface area contributed by atoms with Crippen LogP contribution in [-0.2, 0) is 9.59 Å². The summed E-state index contributed by atoms with van der Waals surface area (Å²) in [6.07, 6.45) is 6.24. The normalized spacial score (nSPS) is 31.5. The van der Waals surface area contributed by atoms with Crippen molar-refractivity contribution in [3.8, 4) is 0 Å². The van der Waals surface area contributed by atoms with Crippen molar-refractivity contribution in [3.63, 3.8) is 0 Å². The number of carbonyl (C=O) groups excluding carboxylic acids is 2. The number of benzene rings is 1. The third-order valence-corrected chi connectivity index (χ3v) is 7.79. The standard InChI is InChI=1S/C21H25N3O2S/c25-20-15-7-1-2-8-16(15)21(26)24(20)13-23-11-5-6-14(12-23)19-22-17-9-3-4-10-18(17)27-19/h3-4,9-10,14-16H,1-2,5-8,11-13H2/p+1/t14-,15-,16+/m0/s1. The fourth-order valence-corrected chi connectivity index (χ4v) is 6.28. The number of nitrogens with one attached hydrogen (secondary N) is 1. The molecule has 2 aromatic rings. The molecular weight excluding hydrogens is 358 g/mol. The second-order valence-electron chi connectivity index (χ2n) is 8.32. The molecule has 6 heteroatoms. The third kappa shape index (κ3) is 3.09. The Labute approximate surface area is 163 Å². The summed E-state index contributed by atoms with van der Waals surface area (Å²) in [5, 5.41) is 1.21. The van der Waals surface area contributed by atoms with E-state index in [1.165, 1.54) is 14.6 Å². The predicted molar refractivity (Wildman–Crippen MR) is 104 cm³/mol. The number of fused-ring (bicyclic) bond motifs is 2. The Morgan fingerprint density at radius 2 is 1.78 bits per heavy atom. The van der Waals surface area contributed by atoms with Gasteiger partial charge in [-0.3, -0.25) is 9.59 Å². The number of piperidine rings is 1. The fraction of sp³-hybridized carbons (Fsp3) is 0.571. The number of amides is 2. The lowest BCUT2D eigenvalue weighted by Gasteiger charge is -2.31. The van der Waals surface area contributed by atoms with Crippen molar-refractivity contribution in [1.29, 1.82) is 0 Å². The molecule has 0 spiro atoms. The zero-order valence-electron chi connectivity index (χ0n) is 15.5. The Morgan fingerprint density at radius 3 is 2.52 bits per heavy atom. The number of likely N-dealkylation sites (tertiary alicyclic amines) is 2. The first-order valence-electron chi connectivity index (χ1n) is 10.2. The molecule has 3 heterocycles. The highest BCUT2D eigenvalue weighted by Crippen LogP contribution is 2.37. The topological polar surface area (TPSA) is 54.7 Å². The van der Waals surface area contributed by atoms with Crippen molar-refractivity contribution in [2.45, 2.75) is 44.4 Å². The number of hydrogen-bond donors (Lipinski definition) is 1. The van der Waals surface area contributed by atoms with Gasteiger partial charge in [0.15, 0.2) is 6.67 Å². The number of aromatic nitrogens is 1. The highest BCUT2D eigenvalue weighted by Gasteiger charge is 2.49. The van der Waals surface area contributed by atoms with E-state index in [1.54, 1.807) is 16.2 Å². The van der Waals surface area contributed by atoms with Gasteiger partial charge < -0.3 is 4.90 Å². The summed E-state index contributed by atoms with van der Waals surface area (Å²) in [5.74, 6) is 0.561. The monoisotopic (exact) mass is 384 g/mol. The van der Waals surface area contributed by atoms with Crippen LogP contribution in [0.15, 0.2) is 24.3 Å². The van der Waals surface area contributed by atoms with E-state index >= 15 is 0 Å². The van der Waals surface area contributed by atoms with Gasteiger partial charge in [-0.25, -0.2) is 9.88 Å². The zero-order valence-corrected chi connectivity index (χ0v) is 16.3. The lowest BCUT2D eigenvalue weighted by molar-refractivity contribution is -0.913. The molecule has 3 aliphatic rings. The van der Waals surface area contributed by atoms with E-state index in [1.807, 2.05) is 6.07 Å². The van der Waals surface area contributed by atoms with Crippen molar-refractivity contribution >= 4 is 33.4 Å². The number of carbonyl (C=O) groups is 2. The van der Waals surface area contributed by atoms with Gasteiger partial charge in [0, 0.05) is 0 Å². The maximum Gasteiger partial charge on any atom is 0.237 e. The molecule has 4 atom stereocenters. The van der Waals surface area contributed by atoms with E-state index in [2.05, 4.69) is 18.2 Å². The van der Waals surface area contributed by atoms with Crippen molar-refractivity contribution in [2.24, 2.45) is 11.8 Å². The Bertz CT molecular complexity index is 822. The van der Waals surface area contributed by atoms with Crippen LogP contribution in [-0.4, -0.2) is 41.5 Å². The van der Waals surface area contributed by atoms with Crippen molar-refractivity contribution < 1.29 is 14.5 Å². The number of quaternary nitrogens is 1. The van der Waals surface area contributed by atoms with Crippen LogP contribution < -0.4 is 4.90 Å². The highest BCUT2D eigenvalue weighted by atomic mass is 32.1. The van der Waals surface area contributed by atoms with Gasteiger partial charge in [-0.05, 0) is 37.8 Å². The number of para-hydroxylation sites is 1. The Hall–Kier alpha value is -1.79. The minimum absolute atomic E-state index is 0.0319. The van der Waals surface area contributed by atoms with E-state index in [0.29, 0.717) is 12.6 Å². The molecule has 5 nitrogen and oxygen atoms in total. The molecule has 5 rings (SSSR count). The first kappa shape index (κ1) is 17.3. The van der Waals surface area contributed by atoms with Crippen molar-refractivity contribution in [3.05, 3.63) is 29.3 Å². The summed E-state index contributed by atoms with van der Waals surface area (Å²) in [6, 6.07) is 8.31. The molecule has 0 radical (unpaired) electrons. The summed E-state index contributed by atoms with van der Waals surface area (Å²) >= 11 is 1.79. The van der Waals surface area contributed by atoms with E-state index in [0.717, 1.165) is 57.1 Å². The number of hydrogen-bond acceptors (Lipinski definition) is 4. The molecule has 3 fully saturated rings. The minimum atomic E-state index is -0.0319. The van der Waals surface area contributed by atoms with Crippen molar-refractivity contribution in [1.82, 2.24) is 9.88 Å². The number of thiazole rings is 1. The largest absolute Gasteiger partial charge is 0.317 e. The second kappa shape index (κ2) is 6.99. The van der Waals surface area contributed by atoms with Gasteiger partial charge in [0.25, 0.3) is 0 Å². The molecule has 1 saturated carbocycles. The molecule has 2 aliphatic heterocycles. The van der Waals surface area contributed by atoms with Gasteiger partial charge in [-0.15, -0.1) is 11.3 Å². The maximum absolute atomic E-state index is 12.8. The molecule has 1 aromatic heterocycles. The van der Waals surface area contributed by atoms with E-state index in [9.17, 15) is 9.59 Å². The molecule has 1 unspecified atom stereocenters. The molecule has 1 N–H and O–H groups in total. The second-order valence-corrected chi connectivity index (χ2v) is 9.39. The lowest BCUT2D eigenvalue weighted by Crippen LogP contribution is -3.15. The summed E-state index contributed by atoms with van der Waals surface area (Å²) < 4.78 is 1.24.